The van der Waals surface area contributed by atoms with Crippen LogP contribution in [0, 0.1) is 0 Å². The van der Waals surface area contributed by atoms with Gasteiger partial charge in [0.1, 0.15) is 5.82 Å². The summed E-state index contributed by atoms with van der Waals surface area (Å²) in [5.74, 6) is 0.967. The lowest BCUT2D eigenvalue weighted by molar-refractivity contribution is 0.117. The van der Waals surface area contributed by atoms with Crippen molar-refractivity contribution in [3.63, 3.8) is 0 Å². The highest BCUT2D eigenvalue weighted by molar-refractivity contribution is 7.19. The molecule has 0 radical (unpaired) electrons. The van der Waals surface area contributed by atoms with E-state index in [2.05, 4.69) is 15.3 Å². The molecule has 3 rings (SSSR count). The van der Waals surface area contributed by atoms with Crippen LogP contribution < -0.4 is 5.32 Å². The van der Waals surface area contributed by atoms with Gasteiger partial charge in [-0.05, 0) is 18.6 Å². The number of hydrogen-bond donors (Lipinski definition) is 2. The molecule has 0 amide bonds. The number of aromatic amines is 1. The lowest BCUT2D eigenvalue weighted by Gasteiger charge is -2.06. The van der Waals surface area contributed by atoms with Gasteiger partial charge in [0.15, 0.2) is 0 Å². The Balaban J connectivity index is 1.78. The molecule has 2 atom stereocenters. The number of rotatable bonds is 3. The molecule has 2 N–H and O–H groups in total. The monoisotopic (exact) mass is 283 g/mol. The molecule has 2 unspecified atom stereocenters. The van der Waals surface area contributed by atoms with Gasteiger partial charge in [0.05, 0.1) is 33.3 Å². The van der Waals surface area contributed by atoms with E-state index < -0.39 is 0 Å². The Labute approximate surface area is 114 Å². The van der Waals surface area contributed by atoms with Crippen molar-refractivity contribution in [2.45, 2.75) is 18.6 Å². The van der Waals surface area contributed by atoms with Gasteiger partial charge in [-0.25, -0.2) is 4.98 Å². The van der Waals surface area contributed by atoms with Crippen LogP contribution in [-0.2, 0) is 4.74 Å². The van der Waals surface area contributed by atoms with Gasteiger partial charge in [0, 0.05) is 13.7 Å². The highest BCUT2D eigenvalue weighted by Crippen LogP contribution is 2.31. The lowest BCUT2D eigenvalue weighted by Crippen LogP contribution is -2.16. The number of nitrogens with one attached hydrogen (secondary N) is 2. The molecule has 0 saturated carbocycles. The van der Waals surface area contributed by atoms with Gasteiger partial charge in [0.2, 0.25) is 0 Å². The molecule has 0 aliphatic carbocycles. The van der Waals surface area contributed by atoms with Gasteiger partial charge in [-0.15, -0.1) is 11.3 Å². The van der Waals surface area contributed by atoms with Crippen LogP contribution in [0.25, 0.3) is 10.6 Å². The molecule has 2 aromatic heterocycles. The molecule has 1 saturated heterocycles. The summed E-state index contributed by atoms with van der Waals surface area (Å²) >= 11 is 7.49. The van der Waals surface area contributed by atoms with Crippen molar-refractivity contribution in [2.24, 2.45) is 0 Å². The van der Waals surface area contributed by atoms with E-state index in [1.54, 1.807) is 18.4 Å². The van der Waals surface area contributed by atoms with Gasteiger partial charge in [-0.2, -0.15) is 0 Å². The average molecular weight is 284 g/mol. The Bertz CT molecular complexity index is 539. The third-order valence-electron chi connectivity index (χ3n) is 3.19. The molecule has 1 aliphatic rings. The number of nitrogens with zero attached hydrogens (tertiary/aromatic N) is 1. The van der Waals surface area contributed by atoms with E-state index in [9.17, 15) is 0 Å². The van der Waals surface area contributed by atoms with E-state index in [0.717, 1.165) is 33.7 Å². The molecular weight excluding hydrogens is 270 g/mol. The fourth-order valence-electron chi connectivity index (χ4n) is 2.19. The van der Waals surface area contributed by atoms with Crippen LogP contribution in [0.2, 0.25) is 4.34 Å². The third-order valence-corrected chi connectivity index (χ3v) is 4.45. The number of aromatic nitrogens is 2. The van der Waals surface area contributed by atoms with Gasteiger partial charge >= 0.3 is 0 Å². The van der Waals surface area contributed by atoms with Crippen molar-refractivity contribution in [1.82, 2.24) is 15.3 Å². The summed E-state index contributed by atoms with van der Waals surface area (Å²) in [5.41, 5.74) is 1.02. The summed E-state index contributed by atoms with van der Waals surface area (Å²) in [7, 11) is 1.75. The zero-order valence-electron chi connectivity index (χ0n) is 9.94. The Morgan fingerprint density at radius 1 is 1.50 bits per heavy atom. The number of halogens is 1. The van der Waals surface area contributed by atoms with E-state index in [0.29, 0.717) is 0 Å². The maximum Gasteiger partial charge on any atom is 0.123 e. The van der Waals surface area contributed by atoms with E-state index in [1.807, 2.05) is 18.3 Å². The first-order valence-electron chi connectivity index (χ1n) is 5.83. The molecule has 0 bridgehead atoms. The Kier molecular flexibility index (Phi) is 3.39. The van der Waals surface area contributed by atoms with Crippen molar-refractivity contribution in [3.8, 4) is 10.6 Å². The Morgan fingerprint density at radius 2 is 2.39 bits per heavy atom. The van der Waals surface area contributed by atoms with Crippen molar-refractivity contribution < 1.29 is 4.74 Å². The average Bonchev–Trinajstić information content (AvgIpc) is 3.07. The maximum absolute atomic E-state index is 5.94. The molecule has 0 aromatic carbocycles. The second kappa shape index (κ2) is 5.01. The minimum absolute atomic E-state index is 0.249. The van der Waals surface area contributed by atoms with Crippen molar-refractivity contribution >= 4 is 22.9 Å². The first-order valence-corrected chi connectivity index (χ1v) is 7.02. The highest BCUT2D eigenvalue weighted by Gasteiger charge is 2.27. The smallest absolute Gasteiger partial charge is 0.123 e. The topological polar surface area (TPSA) is 49.9 Å². The lowest BCUT2D eigenvalue weighted by atomic mass is 10.2. The molecule has 0 spiro atoms. The largest absolute Gasteiger partial charge is 0.380 e. The van der Waals surface area contributed by atoms with Gasteiger partial charge < -0.3 is 15.0 Å². The standard InChI is InChI=1S/C12H14ClN3OS/c1-17-7-4-8(14-5-7)12-15-6-9(16-12)10-2-3-11(13)18-10/h2-3,6-8,14H,4-5H2,1H3,(H,15,16). The van der Waals surface area contributed by atoms with E-state index in [4.69, 9.17) is 16.3 Å². The number of hydrogen-bond acceptors (Lipinski definition) is 4. The van der Waals surface area contributed by atoms with Gasteiger partial charge in [-0.3, -0.25) is 0 Å². The van der Waals surface area contributed by atoms with Crippen molar-refractivity contribution in [1.29, 1.82) is 0 Å². The third kappa shape index (κ3) is 2.31. The molecule has 6 heteroatoms. The van der Waals surface area contributed by atoms with Gasteiger partial charge in [-0.1, -0.05) is 11.6 Å². The number of thiophene rings is 1. The number of H-pyrrole nitrogens is 1. The summed E-state index contributed by atoms with van der Waals surface area (Å²) in [4.78, 5) is 8.91. The number of methoxy groups -OCH3 is 1. The normalized spacial score (nSPS) is 23.7. The van der Waals surface area contributed by atoms with Crippen molar-refractivity contribution in [2.75, 3.05) is 13.7 Å². The molecule has 4 nitrogen and oxygen atoms in total. The molecule has 1 fully saturated rings. The van der Waals surface area contributed by atoms with Crippen LogP contribution in [-0.4, -0.2) is 29.7 Å². The SMILES string of the molecule is COC1CNC(c2ncc(-c3ccc(Cl)s3)[nH]2)C1. The van der Waals surface area contributed by atoms with Crippen molar-refractivity contribution in [3.05, 3.63) is 28.5 Å². The minimum Gasteiger partial charge on any atom is -0.380 e. The summed E-state index contributed by atoms with van der Waals surface area (Å²) in [6, 6.07) is 4.15. The van der Waals surface area contributed by atoms with Crippen LogP contribution in [0.15, 0.2) is 18.3 Å². The second-order valence-corrected chi connectivity index (χ2v) is 6.06. The van der Waals surface area contributed by atoms with E-state index >= 15 is 0 Å². The zero-order valence-corrected chi connectivity index (χ0v) is 11.5. The van der Waals surface area contributed by atoms with E-state index in [-0.39, 0.29) is 12.1 Å². The number of imidazole rings is 1. The van der Waals surface area contributed by atoms with E-state index in [1.165, 1.54) is 0 Å². The summed E-state index contributed by atoms with van der Waals surface area (Å²) in [6.07, 6.45) is 3.09. The summed E-state index contributed by atoms with van der Waals surface area (Å²) in [6.45, 7) is 0.877. The molecule has 96 valence electrons. The van der Waals surface area contributed by atoms with Gasteiger partial charge in [0.25, 0.3) is 0 Å². The minimum atomic E-state index is 0.249. The zero-order chi connectivity index (χ0) is 12.5. The molecule has 18 heavy (non-hydrogen) atoms. The fourth-order valence-corrected chi connectivity index (χ4v) is 3.20. The van der Waals surface area contributed by atoms with Crippen LogP contribution in [0.3, 0.4) is 0 Å². The van der Waals surface area contributed by atoms with Crippen LogP contribution in [0.1, 0.15) is 18.3 Å². The highest BCUT2D eigenvalue weighted by atomic mass is 35.5. The maximum atomic E-state index is 5.94. The molecule has 3 heterocycles. The molecular formula is C12H14ClN3OS. The Hall–Kier alpha value is -0.880. The fraction of sp³-hybridized carbons (Fsp3) is 0.417. The predicted molar refractivity (Wildman–Crippen MR) is 73.1 cm³/mol. The second-order valence-electron chi connectivity index (χ2n) is 4.34. The summed E-state index contributed by atoms with van der Waals surface area (Å²) < 4.78 is 6.13. The quantitative estimate of drug-likeness (QED) is 0.911. The first kappa shape index (κ1) is 12.2. The van der Waals surface area contributed by atoms with Crippen LogP contribution in [0.5, 0.6) is 0 Å². The van der Waals surface area contributed by atoms with Crippen LogP contribution >= 0.6 is 22.9 Å². The summed E-state index contributed by atoms with van der Waals surface area (Å²) in [5, 5.41) is 3.40. The predicted octanol–water partition coefficient (Wildman–Crippen LogP) is 2.84. The first-order chi connectivity index (χ1) is 8.76. The molecule has 2 aromatic rings. The number of ether oxygens (including phenoxy) is 1. The molecule has 1 aliphatic heterocycles. The Morgan fingerprint density at radius 3 is 3.06 bits per heavy atom. The van der Waals surface area contributed by atoms with Crippen LogP contribution in [0.4, 0.5) is 0 Å².